The quantitative estimate of drug-likeness (QED) is 0.913. The molecule has 2 rings (SSSR count). The highest BCUT2D eigenvalue weighted by Crippen LogP contribution is 2.14. The number of carbonyl (C=O) groups excluding carboxylic acids is 1. The van der Waals surface area contributed by atoms with Crippen molar-refractivity contribution in [2.75, 3.05) is 0 Å². The number of carbonyl (C=O) groups is 1. The molecule has 0 radical (unpaired) electrons. The summed E-state index contributed by atoms with van der Waals surface area (Å²) in [5.74, 6) is -0.481. The molecule has 0 saturated heterocycles. The Kier molecular flexibility index (Phi) is 4.40. The number of aryl methyl sites for hydroxylation is 1. The van der Waals surface area contributed by atoms with Crippen molar-refractivity contribution in [3.05, 3.63) is 59.7 Å². The molecular formula is C15H14N4O. The van der Waals surface area contributed by atoms with E-state index in [0.29, 0.717) is 11.4 Å². The molecule has 0 bridgehead atoms. The Morgan fingerprint density at radius 3 is 2.75 bits per heavy atom. The van der Waals surface area contributed by atoms with Crippen LogP contribution in [-0.2, 0) is 11.3 Å². The Morgan fingerprint density at radius 2 is 2.10 bits per heavy atom. The van der Waals surface area contributed by atoms with Crippen molar-refractivity contribution >= 4 is 5.91 Å². The highest BCUT2D eigenvalue weighted by atomic mass is 16.1. The molecule has 1 unspecified atom stereocenters. The van der Waals surface area contributed by atoms with Crippen LogP contribution >= 0.6 is 0 Å². The molecular weight excluding hydrogens is 252 g/mol. The van der Waals surface area contributed by atoms with Crippen LogP contribution in [0.2, 0.25) is 0 Å². The molecule has 0 spiro atoms. The van der Waals surface area contributed by atoms with Gasteiger partial charge < -0.3 is 5.32 Å². The van der Waals surface area contributed by atoms with Gasteiger partial charge in [-0.1, -0.05) is 30.3 Å². The number of nitrogens with one attached hydrogen (secondary N) is 1. The number of nitriles is 1. The molecule has 1 N–H and O–H groups in total. The summed E-state index contributed by atoms with van der Waals surface area (Å²) in [7, 11) is 0. The van der Waals surface area contributed by atoms with E-state index in [9.17, 15) is 4.79 Å². The van der Waals surface area contributed by atoms with Crippen LogP contribution in [0.3, 0.4) is 0 Å². The number of hydrogen-bond donors (Lipinski definition) is 1. The largest absolute Gasteiger partial charge is 0.349 e. The van der Waals surface area contributed by atoms with E-state index in [-0.39, 0.29) is 12.5 Å². The van der Waals surface area contributed by atoms with Gasteiger partial charge in [0.1, 0.15) is 11.7 Å². The van der Waals surface area contributed by atoms with Gasteiger partial charge in [0.15, 0.2) is 0 Å². The molecule has 1 aromatic heterocycles. The molecule has 100 valence electrons. The fraction of sp³-hybridized carbons (Fsp3) is 0.200. The Labute approximate surface area is 117 Å². The highest BCUT2D eigenvalue weighted by Gasteiger charge is 2.19. The molecule has 0 fully saturated rings. The average Bonchev–Trinajstić information content (AvgIpc) is 2.47. The number of benzene rings is 1. The average molecular weight is 266 g/mol. The molecule has 1 aromatic carbocycles. The van der Waals surface area contributed by atoms with Crippen LogP contribution in [0.5, 0.6) is 0 Å². The third-order valence-electron chi connectivity index (χ3n) is 2.80. The second-order valence-electron chi connectivity index (χ2n) is 4.29. The Morgan fingerprint density at radius 1 is 1.35 bits per heavy atom. The van der Waals surface area contributed by atoms with E-state index >= 15 is 0 Å². The van der Waals surface area contributed by atoms with E-state index < -0.39 is 5.92 Å². The van der Waals surface area contributed by atoms with Gasteiger partial charge in [0, 0.05) is 6.20 Å². The van der Waals surface area contributed by atoms with Crippen LogP contribution in [-0.4, -0.2) is 15.9 Å². The van der Waals surface area contributed by atoms with Crippen molar-refractivity contribution in [2.45, 2.75) is 19.4 Å². The van der Waals surface area contributed by atoms with Crippen LogP contribution in [0.15, 0.2) is 42.6 Å². The molecule has 1 amide bonds. The number of rotatable bonds is 4. The first-order valence-electron chi connectivity index (χ1n) is 6.21. The molecule has 2 aromatic rings. The molecule has 5 heteroatoms. The number of hydrogen-bond acceptors (Lipinski definition) is 4. The minimum atomic E-state index is -0.806. The third-order valence-corrected chi connectivity index (χ3v) is 2.80. The lowest BCUT2D eigenvalue weighted by molar-refractivity contribution is -0.121. The lowest BCUT2D eigenvalue weighted by Gasteiger charge is -2.10. The minimum Gasteiger partial charge on any atom is -0.349 e. The van der Waals surface area contributed by atoms with Gasteiger partial charge in [-0.05, 0) is 18.6 Å². The van der Waals surface area contributed by atoms with Gasteiger partial charge in [-0.2, -0.15) is 5.26 Å². The molecule has 1 heterocycles. The van der Waals surface area contributed by atoms with Crippen LogP contribution in [0.1, 0.15) is 23.0 Å². The van der Waals surface area contributed by atoms with E-state index in [4.69, 9.17) is 5.26 Å². The second kappa shape index (κ2) is 6.43. The van der Waals surface area contributed by atoms with E-state index in [2.05, 4.69) is 15.3 Å². The summed E-state index contributed by atoms with van der Waals surface area (Å²) in [5, 5.41) is 11.9. The van der Waals surface area contributed by atoms with Gasteiger partial charge in [0.2, 0.25) is 5.91 Å². The van der Waals surface area contributed by atoms with Gasteiger partial charge in [0.05, 0.1) is 18.3 Å². The van der Waals surface area contributed by atoms with Crippen LogP contribution in [0.25, 0.3) is 0 Å². The maximum absolute atomic E-state index is 12.1. The normalized spacial score (nSPS) is 11.4. The summed E-state index contributed by atoms with van der Waals surface area (Å²) in [6, 6.07) is 12.7. The van der Waals surface area contributed by atoms with Gasteiger partial charge in [-0.25, -0.2) is 9.97 Å². The Bertz CT molecular complexity index is 634. The lowest BCUT2D eigenvalue weighted by Crippen LogP contribution is -2.28. The zero-order valence-corrected chi connectivity index (χ0v) is 11.1. The second-order valence-corrected chi connectivity index (χ2v) is 4.29. The Hall–Kier alpha value is -2.74. The van der Waals surface area contributed by atoms with Crippen LogP contribution < -0.4 is 5.32 Å². The van der Waals surface area contributed by atoms with Crippen molar-refractivity contribution in [3.63, 3.8) is 0 Å². The van der Waals surface area contributed by atoms with Gasteiger partial charge in [-0.15, -0.1) is 0 Å². The highest BCUT2D eigenvalue weighted by molar-refractivity contribution is 5.86. The zero-order chi connectivity index (χ0) is 14.4. The molecule has 20 heavy (non-hydrogen) atoms. The lowest BCUT2D eigenvalue weighted by atomic mass is 10.00. The first-order valence-corrected chi connectivity index (χ1v) is 6.21. The first-order chi connectivity index (χ1) is 9.70. The molecule has 0 aliphatic rings. The molecule has 5 nitrogen and oxygen atoms in total. The van der Waals surface area contributed by atoms with Gasteiger partial charge in [-0.3, -0.25) is 4.79 Å². The summed E-state index contributed by atoms with van der Waals surface area (Å²) in [6.45, 7) is 2.07. The number of nitrogens with zero attached hydrogens (tertiary/aromatic N) is 3. The summed E-state index contributed by atoms with van der Waals surface area (Å²) in [4.78, 5) is 20.2. The molecule has 1 atom stereocenters. The van der Waals surface area contributed by atoms with Crippen LogP contribution in [0.4, 0.5) is 0 Å². The van der Waals surface area contributed by atoms with Gasteiger partial charge in [0.25, 0.3) is 0 Å². The number of aromatic nitrogens is 2. The van der Waals surface area contributed by atoms with Crippen molar-refractivity contribution in [1.82, 2.24) is 15.3 Å². The zero-order valence-electron chi connectivity index (χ0n) is 11.1. The van der Waals surface area contributed by atoms with Crippen molar-refractivity contribution in [1.29, 1.82) is 5.26 Å². The summed E-state index contributed by atoms with van der Waals surface area (Å²) in [5.41, 5.74) is 1.40. The summed E-state index contributed by atoms with van der Waals surface area (Å²) < 4.78 is 0. The predicted octanol–water partition coefficient (Wildman–Crippen LogP) is 1.71. The number of amides is 1. The van der Waals surface area contributed by atoms with Gasteiger partial charge >= 0.3 is 0 Å². The Balaban J connectivity index is 2.02. The minimum absolute atomic E-state index is 0.285. The van der Waals surface area contributed by atoms with E-state index in [1.54, 1.807) is 43.5 Å². The maximum atomic E-state index is 12.1. The first kappa shape index (κ1) is 13.7. The third kappa shape index (κ3) is 3.39. The SMILES string of the molecule is Cc1nccc(CNC(=O)C(C#N)c2ccccc2)n1. The molecule has 0 saturated carbocycles. The monoisotopic (exact) mass is 266 g/mol. The topological polar surface area (TPSA) is 78.7 Å². The van der Waals surface area contributed by atoms with Crippen molar-refractivity contribution in [2.24, 2.45) is 0 Å². The van der Waals surface area contributed by atoms with Crippen molar-refractivity contribution in [3.8, 4) is 6.07 Å². The molecule has 0 aliphatic carbocycles. The predicted molar refractivity (Wildman–Crippen MR) is 73.4 cm³/mol. The van der Waals surface area contributed by atoms with E-state index in [0.717, 1.165) is 5.69 Å². The standard InChI is InChI=1S/C15H14N4O/c1-11-17-8-7-13(19-11)10-18-15(20)14(9-16)12-5-3-2-4-6-12/h2-8,14H,10H2,1H3,(H,18,20). The summed E-state index contributed by atoms with van der Waals surface area (Å²) >= 11 is 0. The maximum Gasteiger partial charge on any atom is 0.242 e. The van der Waals surface area contributed by atoms with Crippen molar-refractivity contribution < 1.29 is 4.79 Å². The van der Waals surface area contributed by atoms with E-state index in [1.807, 2.05) is 12.1 Å². The fourth-order valence-electron chi connectivity index (χ4n) is 1.81. The van der Waals surface area contributed by atoms with Crippen LogP contribution in [0, 0.1) is 18.3 Å². The van der Waals surface area contributed by atoms with E-state index in [1.165, 1.54) is 0 Å². The molecule has 0 aliphatic heterocycles. The fourth-order valence-corrected chi connectivity index (χ4v) is 1.81. The smallest absolute Gasteiger partial charge is 0.242 e. The summed E-state index contributed by atoms with van der Waals surface area (Å²) in [6.07, 6.45) is 1.64.